The fourth-order valence-electron chi connectivity index (χ4n) is 1.52. The Morgan fingerprint density at radius 2 is 1.83 bits per heavy atom. The summed E-state index contributed by atoms with van der Waals surface area (Å²) in [4.78, 5) is 0.116. The number of rotatable bonds is 5. The molecule has 0 spiro atoms. The molecule has 0 fully saturated rings. The SMILES string of the molecule is CC(C)COc1ccc(S(=O)(=O)Cl)cc1C(C)C. The third kappa shape index (κ3) is 4.18. The molecule has 0 saturated carbocycles. The molecule has 0 aliphatic rings. The van der Waals surface area contributed by atoms with Gasteiger partial charge in [0, 0.05) is 10.7 Å². The van der Waals surface area contributed by atoms with Gasteiger partial charge in [-0.2, -0.15) is 0 Å². The third-order valence-electron chi connectivity index (χ3n) is 2.46. The lowest BCUT2D eigenvalue weighted by Gasteiger charge is -2.16. The molecule has 0 amide bonds. The number of halogens is 1. The van der Waals surface area contributed by atoms with Gasteiger partial charge in [0.15, 0.2) is 0 Å². The van der Waals surface area contributed by atoms with Crippen molar-refractivity contribution in [2.75, 3.05) is 6.61 Å². The number of hydrogen-bond acceptors (Lipinski definition) is 3. The second-order valence-electron chi connectivity index (χ2n) is 5.00. The molecule has 0 heterocycles. The van der Waals surface area contributed by atoms with E-state index in [-0.39, 0.29) is 10.8 Å². The third-order valence-corrected chi connectivity index (χ3v) is 3.81. The van der Waals surface area contributed by atoms with Crippen LogP contribution >= 0.6 is 10.7 Å². The minimum absolute atomic E-state index is 0.116. The largest absolute Gasteiger partial charge is 0.493 e. The second-order valence-corrected chi connectivity index (χ2v) is 7.56. The lowest BCUT2D eigenvalue weighted by Crippen LogP contribution is -2.07. The van der Waals surface area contributed by atoms with E-state index in [4.69, 9.17) is 15.4 Å². The van der Waals surface area contributed by atoms with Crippen LogP contribution in [0.5, 0.6) is 5.75 Å². The van der Waals surface area contributed by atoms with Gasteiger partial charge in [-0.05, 0) is 35.6 Å². The highest BCUT2D eigenvalue weighted by molar-refractivity contribution is 8.13. The van der Waals surface area contributed by atoms with Crippen LogP contribution in [0.15, 0.2) is 23.1 Å². The van der Waals surface area contributed by atoms with Crippen LogP contribution in [-0.4, -0.2) is 15.0 Å². The summed E-state index contributed by atoms with van der Waals surface area (Å²) in [7, 11) is 1.66. The van der Waals surface area contributed by atoms with Crippen LogP contribution in [0.4, 0.5) is 0 Å². The first kappa shape index (κ1) is 15.3. The van der Waals surface area contributed by atoms with Gasteiger partial charge in [0.05, 0.1) is 11.5 Å². The van der Waals surface area contributed by atoms with Crippen LogP contribution in [0.2, 0.25) is 0 Å². The second kappa shape index (κ2) is 5.93. The van der Waals surface area contributed by atoms with Gasteiger partial charge < -0.3 is 4.74 Å². The van der Waals surface area contributed by atoms with Gasteiger partial charge in [-0.25, -0.2) is 8.42 Å². The van der Waals surface area contributed by atoms with E-state index >= 15 is 0 Å². The quantitative estimate of drug-likeness (QED) is 0.775. The zero-order valence-electron chi connectivity index (χ0n) is 11.1. The Balaban J connectivity index is 3.13. The van der Waals surface area contributed by atoms with Gasteiger partial charge in [-0.1, -0.05) is 27.7 Å². The lowest BCUT2D eigenvalue weighted by molar-refractivity contribution is 0.267. The topological polar surface area (TPSA) is 43.4 Å². The number of ether oxygens (including phenoxy) is 1. The molecular formula is C13H19ClO3S. The zero-order chi connectivity index (χ0) is 13.9. The van der Waals surface area contributed by atoms with Crippen LogP contribution in [0.1, 0.15) is 39.2 Å². The normalized spacial score (nSPS) is 12.2. The van der Waals surface area contributed by atoms with E-state index in [1.165, 1.54) is 6.07 Å². The minimum Gasteiger partial charge on any atom is -0.493 e. The molecule has 0 aliphatic carbocycles. The Hall–Kier alpha value is -0.740. The molecule has 0 unspecified atom stereocenters. The van der Waals surface area contributed by atoms with Crippen LogP contribution in [0.3, 0.4) is 0 Å². The van der Waals surface area contributed by atoms with Crippen molar-refractivity contribution in [1.82, 2.24) is 0 Å². The average Bonchev–Trinajstić information content (AvgIpc) is 2.24. The molecular weight excluding hydrogens is 272 g/mol. The summed E-state index contributed by atoms with van der Waals surface area (Å²) < 4.78 is 28.3. The van der Waals surface area contributed by atoms with Crippen molar-refractivity contribution in [2.24, 2.45) is 5.92 Å². The first-order valence-corrected chi connectivity index (χ1v) is 8.24. The Morgan fingerprint density at radius 3 is 2.28 bits per heavy atom. The van der Waals surface area contributed by atoms with Crippen molar-refractivity contribution in [3.05, 3.63) is 23.8 Å². The maximum absolute atomic E-state index is 11.3. The van der Waals surface area contributed by atoms with Gasteiger partial charge in [0.25, 0.3) is 9.05 Å². The molecule has 18 heavy (non-hydrogen) atoms. The summed E-state index contributed by atoms with van der Waals surface area (Å²) in [6.07, 6.45) is 0. The summed E-state index contributed by atoms with van der Waals surface area (Å²) in [6, 6.07) is 4.74. The van der Waals surface area contributed by atoms with Crippen molar-refractivity contribution in [1.29, 1.82) is 0 Å². The van der Waals surface area contributed by atoms with Gasteiger partial charge in [-0.3, -0.25) is 0 Å². The summed E-state index contributed by atoms with van der Waals surface area (Å²) in [6.45, 7) is 8.70. The Labute approximate surface area is 114 Å². The zero-order valence-corrected chi connectivity index (χ0v) is 12.7. The molecule has 102 valence electrons. The van der Waals surface area contributed by atoms with Gasteiger partial charge in [0.2, 0.25) is 0 Å². The molecule has 0 N–H and O–H groups in total. The maximum atomic E-state index is 11.3. The summed E-state index contributed by atoms with van der Waals surface area (Å²) >= 11 is 0. The summed E-state index contributed by atoms with van der Waals surface area (Å²) in [5, 5.41) is 0. The molecule has 3 nitrogen and oxygen atoms in total. The molecule has 0 bridgehead atoms. The maximum Gasteiger partial charge on any atom is 0.261 e. The van der Waals surface area contributed by atoms with Crippen molar-refractivity contribution >= 4 is 19.7 Å². The van der Waals surface area contributed by atoms with Crippen LogP contribution in [-0.2, 0) is 9.05 Å². The molecule has 0 saturated heterocycles. The molecule has 5 heteroatoms. The summed E-state index contributed by atoms with van der Waals surface area (Å²) in [5.41, 5.74) is 0.859. The smallest absolute Gasteiger partial charge is 0.261 e. The first-order valence-electron chi connectivity index (χ1n) is 5.93. The highest BCUT2D eigenvalue weighted by atomic mass is 35.7. The van der Waals surface area contributed by atoms with Crippen molar-refractivity contribution in [3.8, 4) is 5.75 Å². The Kier molecular flexibility index (Phi) is 5.05. The molecule has 1 aromatic rings. The predicted molar refractivity (Wildman–Crippen MR) is 73.9 cm³/mol. The average molecular weight is 291 g/mol. The molecule has 0 radical (unpaired) electrons. The van der Waals surface area contributed by atoms with Gasteiger partial charge in [-0.15, -0.1) is 0 Å². The van der Waals surface area contributed by atoms with E-state index in [1.54, 1.807) is 12.1 Å². The molecule has 1 aromatic carbocycles. The van der Waals surface area contributed by atoms with Crippen molar-refractivity contribution < 1.29 is 13.2 Å². The molecule has 1 rings (SSSR count). The van der Waals surface area contributed by atoms with Crippen molar-refractivity contribution in [3.63, 3.8) is 0 Å². The highest BCUT2D eigenvalue weighted by Gasteiger charge is 2.15. The van der Waals surface area contributed by atoms with E-state index in [1.807, 2.05) is 13.8 Å². The lowest BCUT2D eigenvalue weighted by atomic mass is 10.0. The van der Waals surface area contributed by atoms with E-state index in [9.17, 15) is 8.42 Å². The van der Waals surface area contributed by atoms with Crippen LogP contribution in [0, 0.1) is 5.92 Å². The summed E-state index contributed by atoms with van der Waals surface area (Å²) in [5.74, 6) is 1.31. The first-order chi connectivity index (χ1) is 8.21. The van der Waals surface area contributed by atoms with E-state index < -0.39 is 9.05 Å². The Bertz CT molecular complexity index is 507. The van der Waals surface area contributed by atoms with E-state index in [0.717, 1.165) is 11.3 Å². The number of benzene rings is 1. The number of hydrogen-bond donors (Lipinski definition) is 0. The van der Waals surface area contributed by atoms with Gasteiger partial charge in [0.1, 0.15) is 5.75 Å². The fraction of sp³-hybridized carbons (Fsp3) is 0.538. The predicted octanol–water partition coefficient (Wildman–Crippen LogP) is 3.77. The molecule has 0 aliphatic heterocycles. The highest BCUT2D eigenvalue weighted by Crippen LogP contribution is 2.30. The van der Waals surface area contributed by atoms with Crippen LogP contribution in [0.25, 0.3) is 0 Å². The standard InChI is InChI=1S/C13H19ClO3S/c1-9(2)8-17-13-6-5-11(18(14,15)16)7-12(13)10(3)4/h5-7,9-10H,8H2,1-4H3. The van der Waals surface area contributed by atoms with Crippen LogP contribution < -0.4 is 4.74 Å². The molecule has 0 atom stereocenters. The Morgan fingerprint density at radius 1 is 1.22 bits per heavy atom. The fourth-order valence-corrected chi connectivity index (χ4v) is 2.30. The van der Waals surface area contributed by atoms with E-state index in [2.05, 4.69) is 13.8 Å². The monoisotopic (exact) mass is 290 g/mol. The van der Waals surface area contributed by atoms with E-state index in [0.29, 0.717) is 12.5 Å². The minimum atomic E-state index is -3.69. The van der Waals surface area contributed by atoms with Gasteiger partial charge >= 0.3 is 0 Å². The van der Waals surface area contributed by atoms with Crippen molar-refractivity contribution in [2.45, 2.75) is 38.5 Å². The molecule has 0 aromatic heterocycles.